The number of aryl methyl sites for hydroxylation is 2. The predicted molar refractivity (Wildman–Crippen MR) is 156 cm³/mol. The molecule has 1 unspecified atom stereocenters. The van der Waals surface area contributed by atoms with Gasteiger partial charge in [0.25, 0.3) is 5.91 Å². The number of nitrogens with two attached hydrogens (primary N) is 1. The summed E-state index contributed by atoms with van der Waals surface area (Å²) >= 11 is 1.33. The van der Waals surface area contributed by atoms with Crippen LogP contribution < -0.4 is 21.3 Å². The average Bonchev–Trinajstić information content (AvgIpc) is 3.61. The standard InChI is InChI=1S/C29H36N6O5S/c1-16-5-8-19-23(30)24(41-26(19)31-16)25(36)32-18-7-9-20-17(13-18)6-10-22(33-20)35-14-21(29(15-35)38-11-12-39-29)34-27(37)40-28(2,3)4/h5-6,8,10,18,21H,7,9,11-15,30H2,1-4H3,(H,32,36)(H,34,37)/t18-,21?/m0/s1. The second-order valence-corrected chi connectivity index (χ2v) is 12.9. The van der Waals surface area contributed by atoms with E-state index in [1.807, 2.05) is 45.9 Å². The highest BCUT2D eigenvalue weighted by Crippen LogP contribution is 2.35. The van der Waals surface area contributed by atoms with E-state index in [0.29, 0.717) is 43.3 Å². The molecule has 11 nitrogen and oxygen atoms in total. The third kappa shape index (κ3) is 5.55. The summed E-state index contributed by atoms with van der Waals surface area (Å²) < 4.78 is 17.5. The minimum Gasteiger partial charge on any atom is -0.444 e. The number of carbonyl (C=O) groups excluding carboxylic acids is 2. The summed E-state index contributed by atoms with van der Waals surface area (Å²) in [5, 5.41) is 6.94. The molecular formula is C29H36N6O5S. The number of thiophene rings is 1. The van der Waals surface area contributed by atoms with Crippen LogP contribution in [-0.4, -0.2) is 71.7 Å². The van der Waals surface area contributed by atoms with E-state index < -0.39 is 23.5 Å². The van der Waals surface area contributed by atoms with Crippen molar-refractivity contribution in [2.24, 2.45) is 0 Å². The Balaban J connectivity index is 1.13. The van der Waals surface area contributed by atoms with Gasteiger partial charge < -0.3 is 35.5 Å². The number of carbonyl (C=O) groups is 2. The average molecular weight is 581 g/mol. The topological polar surface area (TPSA) is 141 Å². The number of hydrogen-bond donors (Lipinski definition) is 3. The molecule has 3 aromatic rings. The molecule has 0 aromatic carbocycles. The quantitative estimate of drug-likeness (QED) is 0.424. The van der Waals surface area contributed by atoms with Crippen molar-refractivity contribution in [3.63, 3.8) is 0 Å². The number of hydrogen-bond acceptors (Lipinski definition) is 10. The smallest absolute Gasteiger partial charge is 0.408 e. The van der Waals surface area contributed by atoms with Crippen LogP contribution in [0.25, 0.3) is 10.2 Å². The molecule has 3 aromatic heterocycles. The highest BCUT2D eigenvalue weighted by molar-refractivity contribution is 7.21. The maximum absolute atomic E-state index is 13.1. The first-order valence-electron chi connectivity index (χ1n) is 14.0. The van der Waals surface area contributed by atoms with Gasteiger partial charge in [-0.15, -0.1) is 11.3 Å². The van der Waals surface area contributed by atoms with E-state index in [0.717, 1.165) is 45.8 Å². The van der Waals surface area contributed by atoms with E-state index >= 15 is 0 Å². The van der Waals surface area contributed by atoms with E-state index in [9.17, 15) is 9.59 Å². The SMILES string of the molecule is Cc1ccc2c(N)c(C(=O)N[C@H]3CCc4nc(N5CC(NC(=O)OC(C)(C)C)C6(C5)OCCO6)ccc4C3)sc2n1. The Hall–Kier alpha value is -3.48. The van der Waals surface area contributed by atoms with E-state index in [4.69, 9.17) is 24.9 Å². The van der Waals surface area contributed by atoms with Gasteiger partial charge in [-0.05, 0) is 70.7 Å². The summed E-state index contributed by atoms with van der Waals surface area (Å²) in [4.78, 5) is 38.6. The van der Waals surface area contributed by atoms with Crippen molar-refractivity contribution in [2.45, 2.75) is 70.4 Å². The number of amides is 2. The van der Waals surface area contributed by atoms with Gasteiger partial charge in [0.2, 0.25) is 5.79 Å². The summed E-state index contributed by atoms with van der Waals surface area (Å²) in [6.45, 7) is 9.27. The first kappa shape index (κ1) is 27.7. The van der Waals surface area contributed by atoms with Gasteiger partial charge in [0.05, 0.1) is 25.4 Å². The van der Waals surface area contributed by atoms with E-state index in [-0.39, 0.29) is 11.9 Å². The van der Waals surface area contributed by atoms with Crippen molar-refractivity contribution < 1.29 is 23.8 Å². The maximum Gasteiger partial charge on any atom is 0.408 e. The Kier molecular flexibility index (Phi) is 7.03. The lowest BCUT2D eigenvalue weighted by Crippen LogP contribution is -2.53. The van der Waals surface area contributed by atoms with Gasteiger partial charge in [-0.2, -0.15) is 0 Å². The number of anilines is 2. The molecule has 6 rings (SSSR count). The van der Waals surface area contributed by atoms with Gasteiger partial charge in [-0.1, -0.05) is 6.07 Å². The molecule has 3 aliphatic rings. The third-order valence-corrected chi connectivity index (χ3v) is 8.77. The Morgan fingerprint density at radius 1 is 1.15 bits per heavy atom. The van der Waals surface area contributed by atoms with Gasteiger partial charge >= 0.3 is 6.09 Å². The Morgan fingerprint density at radius 2 is 1.93 bits per heavy atom. The van der Waals surface area contributed by atoms with Crippen LogP contribution in [0.2, 0.25) is 0 Å². The van der Waals surface area contributed by atoms with Crippen molar-refractivity contribution in [3.8, 4) is 0 Å². The first-order chi connectivity index (χ1) is 19.5. The Morgan fingerprint density at radius 3 is 2.68 bits per heavy atom. The zero-order valence-corrected chi connectivity index (χ0v) is 24.6. The molecule has 2 amide bonds. The fourth-order valence-corrected chi connectivity index (χ4v) is 6.79. The number of nitrogen functional groups attached to an aromatic ring is 1. The van der Waals surface area contributed by atoms with Crippen molar-refractivity contribution in [3.05, 3.63) is 46.1 Å². The molecular weight excluding hydrogens is 544 g/mol. The number of pyridine rings is 2. The molecule has 4 N–H and O–H groups in total. The van der Waals surface area contributed by atoms with Gasteiger partial charge in [0, 0.05) is 29.4 Å². The summed E-state index contributed by atoms with van der Waals surface area (Å²) in [6, 6.07) is 7.47. The number of fused-ring (bicyclic) bond motifs is 2. The van der Waals surface area contributed by atoms with Gasteiger partial charge in [0.15, 0.2) is 0 Å². The molecule has 1 spiro atoms. The minimum absolute atomic E-state index is 0.0142. The van der Waals surface area contributed by atoms with Crippen LogP contribution in [-0.2, 0) is 27.1 Å². The van der Waals surface area contributed by atoms with Gasteiger partial charge in [-0.25, -0.2) is 14.8 Å². The van der Waals surface area contributed by atoms with Crippen molar-refractivity contribution in [2.75, 3.05) is 36.9 Å². The monoisotopic (exact) mass is 580 g/mol. The molecule has 218 valence electrons. The summed E-state index contributed by atoms with van der Waals surface area (Å²) in [6.07, 6.45) is 1.70. The highest BCUT2D eigenvalue weighted by Gasteiger charge is 2.53. The second kappa shape index (κ2) is 10.4. The number of alkyl carbamates (subject to hydrolysis) is 1. The zero-order chi connectivity index (χ0) is 28.9. The first-order valence-corrected chi connectivity index (χ1v) is 14.8. The third-order valence-electron chi connectivity index (χ3n) is 7.66. The van der Waals surface area contributed by atoms with Crippen LogP contribution in [0.3, 0.4) is 0 Å². The van der Waals surface area contributed by atoms with Crippen molar-refractivity contribution >= 4 is 45.1 Å². The van der Waals surface area contributed by atoms with E-state index in [1.165, 1.54) is 11.3 Å². The molecule has 0 radical (unpaired) electrons. The molecule has 5 heterocycles. The maximum atomic E-state index is 13.1. The van der Waals surface area contributed by atoms with E-state index in [1.54, 1.807) is 0 Å². The molecule has 0 bridgehead atoms. The number of aromatic nitrogens is 2. The highest BCUT2D eigenvalue weighted by atomic mass is 32.1. The molecule has 12 heteroatoms. The van der Waals surface area contributed by atoms with Gasteiger partial charge in [-0.3, -0.25) is 4.79 Å². The Bertz CT molecular complexity index is 1490. The molecule has 0 saturated carbocycles. The second-order valence-electron chi connectivity index (χ2n) is 11.9. The normalized spacial score (nSPS) is 21.7. The molecule has 2 atom stereocenters. The van der Waals surface area contributed by atoms with Crippen LogP contribution in [0.5, 0.6) is 0 Å². The van der Waals surface area contributed by atoms with Crippen molar-refractivity contribution in [1.82, 2.24) is 20.6 Å². The Labute approximate surface area is 242 Å². The molecule has 2 fully saturated rings. The zero-order valence-electron chi connectivity index (χ0n) is 23.8. The minimum atomic E-state index is -0.938. The number of ether oxygens (including phenoxy) is 3. The summed E-state index contributed by atoms with van der Waals surface area (Å²) in [5.74, 6) is -0.297. The fourth-order valence-electron chi connectivity index (χ4n) is 5.75. The number of nitrogens with zero attached hydrogens (tertiary/aromatic N) is 3. The summed E-state index contributed by atoms with van der Waals surface area (Å²) in [7, 11) is 0. The van der Waals surface area contributed by atoms with Crippen LogP contribution >= 0.6 is 11.3 Å². The fraction of sp³-hybridized carbons (Fsp3) is 0.517. The van der Waals surface area contributed by atoms with Crippen LogP contribution in [0.15, 0.2) is 24.3 Å². The largest absolute Gasteiger partial charge is 0.444 e. The van der Waals surface area contributed by atoms with Gasteiger partial charge in [0.1, 0.15) is 27.2 Å². The number of nitrogens with one attached hydrogen (secondary N) is 2. The summed E-state index contributed by atoms with van der Waals surface area (Å²) in [5.41, 5.74) is 9.19. The number of rotatable bonds is 4. The molecule has 2 saturated heterocycles. The predicted octanol–water partition coefficient (Wildman–Crippen LogP) is 3.33. The van der Waals surface area contributed by atoms with Crippen LogP contribution in [0, 0.1) is 6.92 Å². The van der Waals surface area contributed by atoms with Crippen LogP contribution in [0.4, 0.5) is 16.3 Å². The van der Waals surface area contributed by atoms with Crippen LogP contribution in [0.1, 0.15) is 53.8 Å². The lowest BCUT2D eigenvalue weighted by atomic mass is 9.91. The molecule has 2 aliphatic heterocycles. The lowest BCUT2D eigenvalue weighted by molar-refractivity contribution is -0.153. The molecule has 1 aliphatic carbocycles. The van der Waals surface area contributed by atoms with Crippen molar-refractivity contribution in [1.29, 1.82) is 0 Å². The molecule has 41 heavy (non-hydrogen) atoms. The lowest BCUT2D eigenvalue weighted by Gasteiger charge is -2.29. The van der Waals surface area contributed by atoms with E-state index in [2.05, 4.69) is 26.6 Å².